The van der Waals surface area contributed by atoms with E-state index in [2.05, 4.69) is 0 Å². The summed E-state index contributed by atoms with van der Waals surface area (Å²) in [5.41, 5.74) is -0.339. The summed E-state index contributed by atoms with van der Waals surface area (Å²) < 4.78 is 17.5. The number of ether oxygens (including phenoxy) is 1. The van der Waals surface area contributed by atoms with Gasteiger partial charge in [-0.2, -0.15) is 0 Å². The van der Waals surface area contributed by atoms with E-state index in [4.69, 9.17) is 9.84 Å². The molecular weight excluding hydrogens is 284 g/mol. The van der Waals surface area contributed by atoms with Crippen molar-refractivity contribution in [1.82, 2.24) is 0 Å². The number of aliphatic hydroxyl groups is 4. The Kier molecular flexibility index (Phi) is 5.25. The lowest BCUT2D eigenvalue weighted by Gasteiger charge is -2.39. The predicted molar refractivity (Wildman–Crippen MR) is 72.1 cm³/mol. The molecule has 1 aliphatic heterocycles. The quantitative estimate of drug-likeness (QED) is 0.553. The average molecular weight is 302 g/mol. The Labute approximate surface area is 119 Å². The van der Waals surface area contributed by atoms with Crippen LogP contribution in [0, 0.1) is 0 Å². The van der Waals surface area contributed by atoms with Crippen LogP contribution in [0.3, 0.4) is 0 Å². The van der Waals surface area contributed by atoms with Crippen LogP contribution in [-0.4, -0.2) is 61.1 Å². The highest BCUT2D eigenvalue weighted by molar-refractivity contribution is 7.84. The minimum atomic E-state index is -1.60. The van der Waals surface area contributed by atoms with Crippen LogP contribution >= 0.6 is 0 Å². The van der Waals surface area contributed by atoms with Gasteiger partial charge in [-0.05, 0) is 5.56 Å². The molecule has 1 heterocycles. The topological polar surface area (TPSA) is 107 Å². The van der Waals surface area contributed by atoms with Crippen molar-refractivity contribution >= 4 is 10.8 Å². The number of benzene rings is 1. The molecule has 6 atom stereocenters. The first-order valence-electron chi connectivity index (χ1n) is 6.26. The number of hydrogen-bond acceptors (Lipinski definition) is 6. The minimum Gasteiger partial charge on any atom is -0.394 e. The van der Waals surface area contributed by atoms with Gasteiger partial charge in [-0.3, -0.25) is 4.21 Å². The summed E-state index contributed by atoms with van der Waals surface area (Å²) >= 11 is 0. The molecule has 0 saturated carbocycles. The third kappa shape index (κ3) is 3.25. The van der Waals surface area contributed by atoms with Crippen LogP contribution in [0.5, 0.6) is 0 Å². The van der Waals surface area contributed by atoms with Crippen molar-refractivity contribution in [1.29, 1.82) is 0 Å². The molecule has 6 nitrogen and oxygen atoms in total. The molecule has 1 aliphatic rings. The lowest BCUT2D eigenvalue weighted by molar-refractivity contribution is -0.206. The zero-order valence-corrected chi connectivity index (χ0v) is 11.5. The maximum atomic E-state index is 12.2. The van der Waals surface area contributed by atoms with Gasteiger partial charge in [0.05, 0.1) is 23.2 Å². The first-order valence-corrected chi connectivity index (χ1v) is 7.64. The smallest absolute Gasteiger partial charge is 0.161 e. The molecule has 0 bridgehead atoms. The van der Waals surface area contributed by atoms with Gasteiger partial charge in [0.2, 0.25) is 0 Å². The second kappa shape index (κ2) is 6.75. The van der Waals surface area contributed by atoms with Gasteiger partial charge in [0.15, 0.2) is 5.44 Å². The van der Waals surface area contributed by atoms with Crippen LogP contribution in [-0.2, 0) is 21.3 Å². The number of rotatable bonds is 4. The fourth-order valence-electron chi connectivity index (χ4n) is 2.11. The Balaban J connectivity index is 2.08. The summed E-state index contributed by atoms with van der Waals surface area (Å²) in [6.07, 6.45) is -5.42. The Morgan fingerprint density at radius 1 is 1.05 bits per heavy atom. The van der Waals surface area contributed by atoms with Gasteiger partial charge >= 0.3 is 0 Å². The maximum Gasteiger partial charge on any atom is 0.161 e. The zero-order chi connectivity index (χ0) is 14.7. The van der Waals surface area contributed by atoms with Crippen molar-refractivity contribution in [3.8, 4) is 0 Å². The molecule has 0 aliphatic carbocycles. The molecule has 4 N–H and O–H groups in total. The van der Waals surface area contributed by atoms with E-state index in [1.807, 2.05) is 6.07 Å². The number of aliphatic hydroxyl groups excluding tert-OH is 4. The SMILES string of the molecule is O=[S@](Cc1ccccc1)[C@H]1O[C@H](CO)[C@@H](O)[C@H](O)[C@@H]1O. The first-order chi connectivity index (χ1) is 9.54. The summed E-state index contributed by atoms with van der Waals surface area (Å²) in [4.78, 5) is 0. The van der Waals surface area contributed by atoms with Crippen LogP contribution in [0.2, 0.25) is 0 Å². The van der Waals surface area contributed by atoms with E-state index < -0.39 is 47.3 Å². The Morgan fingerprint density at radius 2 is 1.70 bits per heavy atom. The van der Waals surface area contributed by atoms with Gasteiger partial charge < -0.3 is 25.2 Å². The van der Waals surface area contributed by atoms with Crippen LogP contribution in [0.25, 0.3) is 0 Å². The molecule has 0 radical (unpaired) electrons. The molecular formula is C13H18O6S. The van der Waals surface area contributed by atoms with E-state index >= 15 is 0 Å². The van der Waals surface area contributed by atoms with Crippen LogP contribution < -0.4 is 0 Å². The Morgan fingerprint density at radius 3 is 2.30 bits per heavy atom. The molecule has 1 aromatic carbocycles. The second-order valence-electron chi connectivity index (χ2n) is 4.71. The van der Waals surface area contributed by atoms with Gasteiger partial charge in [-0.1, -0.05) is 30.3 Å². The first kappa shape index (κ1) is 15.6. The maximum absolute atomic E-state index is 12.2. The average Bonchev–Trinajstić information content (AvgIpc) is 2.46. The monoisotopic (exact) mass is 302 g/mol. The van der Waals surface area contributed by atoms with E-state index in [9.17, 15) is 19.5 Å². The van der Waals surface area contributed by atoms with Crippen LogP contribution in [0.15, 0.2) is 30.3 Å². The highest BCUT2D eigenvalue weighted by atomic mass is 32.2. The lowest BCUT2D eigenvalue weighted by atomic mass is 10.0. The largest absolute Gasteiger partial charge is 0.394 e. The molecule has 112 valence electrons. The molecule has 0 amide bonds. The van der Waals surface area contributed by atoms with Crippen molar-refractivity contribution in [3.05, 3.63) is 35.9 Å². The summed E-state index contributed by atoms with van der Waals surface area (Å²) in [6, 6.07) is 9.03. The second-order valence-corrected chi connectivity index (χ2v) is 6.22. The third-order valence-corrected chi connectivity index (χ3v) is 4.79. The van der Waals surface area contributed by atoms with Crippen molar-refractivity contribution < 1.29 is 29.4 Å². The fraction of sp³-hybridized carbons (Fsp3) is 0.538. The Bertz CT molecular complexity index is 451. The fourth-order valence-corrected chi connectivity index (χ4v) is 3.53. The van der Waals surface area contributed by atoms with Gasteiger partial charge in [-0.25, -0.2) is 0 Å². The lowest BCUT2D eigenvalue weighted by Crippen LogP contribution is -2.59. The molecule has 1 aromatic rings. The molecule has 20 heavy (non-hydrogen) atoms. The molecule has 0 aromatic heterocycles. The van der Waals surface area contributed by atoms with E-state index in [1.165, 1.54) is 0 Å². The normalized spacial score (nSPS) is 35.7. The van der Waals surface area contributed by atoms with Crippen molar-refractivity contribution in [2.45, 2.75) is 35.6 Å². The molecule has 0 spiro atoms. The van der Waals surface area contributed by atoms with E-state index in [1.54, 1.807) is 24.3 Å². The van der Waals surface area contributed by atoms with Gasteiger partial charge in [0, 0.05) is 0 Å². The van der Waals surface area contributed by atoms with Gasteiger partial charge in [-0.15, -0.1) is 0 Å². The van der Waals surface area contributed by atoms with Crippen molar-refractivity contribution in [2.75, 3.05) is 6.61 Å². The van der Waals surface area contributed by atoms with Crippen molar-refractivity contribution in [3.63, 3.8) is 0 Å². The van der Waals surface area contributed by atoms with Gasteiger partial charge in [0.25, 0.3) is 0 Å². The predicted octanol–water partition coefficient (Wildman–Crippen LogP) is -1.26. The highest BCUT2D eigenvalue weighted by Crippen LogP contribution is 2.24. The molecule has 7 heteroatoms. The summed E-state index contributed by atoms with van der Waals surface area (Å²) in [5.74, 6) is 0.156. The molecule has 1 saturated heterocycles. The van der Waals surface area contributed by atoms with E-state index in [-0.39, 0.29) is 5.75 Å². The van der Waals surface area contributed by atoms with Crippen LogP contribution in [0.4, 0.5) is 0 Å². The summed E-state index contributed by atoms with van der Waals surface area (Å²) in [6.45, 7) is -0.524. The molecule has 0 unspecified atom stereocenters. The van der Waals surface area contributed by atoms with E-state index in [0.29, 0.717) is 0 Å². The minimum absolute atomic E-state index is 0.156. The van der Waals surface area contributed by atoms with E-state index in [0.717, 1.165) is 5.56 Å². The Hall–Kier alpha value is -0.830. The summed E-state index contributed by atoms with van der Waals surface area (Å²) in [7, 11) is -1.60. The number of hydrogen-bond donors (Lipinski definition) is 4. The highest BCUT2D eigenvalue weighted by Gasteiger charge is 2.45. The standard InChI is InChI=1S/C13H18O6S/c14-6-9-10(15)11(16)12(17)13(19-9)20(18)7-8-4-2-1-3-5-8/h1-5,9-17H,6-7H2/t9-,10-,11+,12+,13-,20-/m1/s1. The molecule has 2 rings (SSSR count). The third-order valence-electron chi connectivity index (χ3n) is 3.26. The van der Waals surface area contributed by atoms with Crippen LogP contribution in [0.1, 0.15) is 5.56 Å². The van der Waals surface area contributed by atoms with Crippen molar-refractivity contribution in [2.24, 2.45) is 0 Å². The molecule has 1 fully saturated rings. The van der Waals surface area contributed by atoms with Gasteiger partial charge in [0.1, 0.15) is 24.4 Å². The summed E-state index contributed by atoms with van der Waals surface area (Å²) in [5, 5.41) is 38.2. The zero-order valence-electron chi connectivity index (χ0n) is 10.7.